The van der Waals surface area contributed by atoms with Gasteiger partial charge in [0, 0.05) is 0 Å². The standard InChI is InChI=1S/C9H12ClN3/c1-2-6-3-4-7(10)8(5-6)13-9(11)12/h3-5H,2H2,1H3,(H4,11,12,13). The first-order valence-electron chi connectivity index (χ1n) is 4.01. The highest BCUT2D eigenvalue weighted by Gasteiger charge is 1.99. The first-order valence-corrected chi connectivity index (χ1v) is 4.39. The highest BCUT2D eigenvalue weighted by atomic mass is 35.5. The molecule has 0 aliphatic rings. The summed E-state index contributed by atoms with van der Waals surface area (Å²) in [6.07, 6.45) is 0.935. The summed E-state index contributed by atoms with van der Waals surface area (Å²) < 4.78 is 0. The lowest BCUT2D eigenvalue weighted by molar-refractivity contribution is 1.14. The Hall–Kier alpha value is -1.22. The molecule has 0 spiro atoms. The van der Waals surface area contributed by atoms with Gasteiger partial charge in [0.1, 0.15) is 0 Å². The molecule has 0 fully saturated rings. The molecule has 0 radical (unpaired) electrons. The molecule has 0 atom stereocenters. The molecule has 3 nitrogen and oxygen atoms in total. The second kappa shape index (κ2) is 4.14. The third-order valence-electron chi connectivity index (χ3n) is 1.67. The number of hydrogen-bond acceptors (Lipinski definition) is 1. The maximum Gasteiger partial charge on any atom is 0.191 e. The number of nitrogens with two attached hydrogens (primary N) is 2. The lowest BCUT2D eigenvalue weighted by Crippen LogP contribution is -2.21. The first-order chi connectivity index (χ1) is 6.13. The second-order valence-electron chi connectivity index (χ2n) is 2.68. The van der Waals surface area contributed by atoms with Crippen LogP contribution in [0.5, 0.6) is 0 Å². The van der Waals surface area contributed by atoms with Crippen molar-refractivity contribution in [2.75, 3.05) is 0 Å². The largest absolute Gasteiger partial charge is 0.370 e. The molecule has 0 heterocycles. The topological polar surface area (TPSA) is 64.4 Å². The van der Waals surface area contributed by atoms with Gasteiger partial charge in [0.25, 0.3) is 0 Å². The number of guanidine groups is 1. The van der Waals surface area contributed by atoms with Gasteiger partial charge in [-0.2, -0.15) is 0 Å². The van der Waals surface area contributed by atoms with Crippen LogP contribution in [0.4, 0.5) is 5.69 Å². The van der Waals surface area contributed by atoms with Crippen molar-refractivity contribution in [2.45, 2.75) is 13.3 Å². The normalized spacial score (nSPS) is 9.69. The minimum Gasteiger partial charge on any atom is -0.370 e. The summed E-state index contributed by atoms with van der Waals surface area (Å²) in [5, 5.41) is 0.561. The summed E-state index contributed by atoms with van der Waals surface area (Å²) in [6.45, 7) is 2.06. The van der Waals surface area contributed by atoms with Crippen LogP contribution in [-0.4, -0.2) is 5.96 Å². The van der Waals surface area contributed by atoms with E-state index < -0.39 is 0 Å². The third kappa shape index (κ3) is 2.63. The van der Waals surface area contributed by atoms with Crippen molar-refractivity contribution in [1.82, 2.24) is 0 Å². The molecule has 0 amide bonds. The number of nitrogens with zero attached hydrogens (tertiary/aromatic N) is 1. The van der Waals surface area contributed by atoms with E-state index in [1.54, 1.807) is 6.07 Å². The van der Waals surface area contributed by atoms with Crippen LogP contribution in [0.2, 0.25) is 5.02 Å². The van der Waals surface area contributed by atoms with Gasteiger partial charge in [-0.25, -0.2) is 4.99 Å². The van der Waals surface area contributed by atoms with Crippen molar-refractivity contribution in [3.05, 3.63) is 28.8 Å². The molecule has 0 aromatic heterocycles. The fourth-order valence-corrected chi connectivity index (χ4v) is 1.16. The summed E-state index contributed by atoms with van der Waals surface area (Å²) in [5.74, 6) is 0.0233. The number of aliphatic imine (C=N–C) groups is 1. The van der Waals surface area contributed by atoms with Crippen molar-refractivity contribution in [3.8, 4) is 0 Å². The summed E-state index contributed by atoms with van der Waals surface area (Å²) in [4.78, 5) is 3.91. The number of aryl methyl sites for hydroxylation is 1. The minimum atomic E-state index is 0.0233. The maximum atomic E-state index is 5.88. The average molecular weight is 198 g/mol. The third-order valence-corrected chi connectivity index (χ3v) is 1.99. The van der Waals surface area contributed by atoms with E-state index in [1.807, 2.05) is 12.1 Å². The lowest BCUT2D eigenvalue weighted by Gasteiger charge is -2.01. The van der Waals surface area contributed by atoms with E-state index in [0.717, 1.165) is 12.0 Å². The van der Waals surface area contributed by atoms with E-state index in [-0.39, 0.29) is 5.96 Å². The molecule has 1 aromatic rings. The highest BCUT2D eigenvalue weighted by molar-refractivity contribution is 6.33. The van der Waals surface area contributed by atoms with Crippen molar-refractivity contribution in [3.63, 3.8) is 0 Å². The Balaban J connectivity index is 3.11. The summed E-state index contributed by atoms with van der Waals surface area (Å²) in [6, 6.07) is 5.62. The molecule has 70 valence electrons. The fourth-order valence-electron chi connectivity index (χ4n) is 1.00. The molecule has 0 bridgehead atoms. The van der Waals surface area contributed by atoms with Gasteiger partial charge in [-0.05, 0) is 24.1 Å². The van der Waals surface area contributed by atoms with Crippen LogP contribution >= 0.6 is 11.6 Å². The molecule has 0 saturated carbocycles. The van der Waals surface area contributed by atoms with Crippen molar-refractivity contribution in [1.29, 1.82) is 0 Å². The van der Waals surface area contributed by atoms with Gasteiger partial charge >= 0.3 is 0 Å². The van der Waals surface area contributed by atoms with Gasteiger partial charge in [-0.15, -0.1) is 0 Å². The molecule has 0 aliphatic carbocycles. The van der Waals surface area contributed by atoms with Gasteiger partial charge < -0.3 is 11.5 Å². The van der Waals surface area contributed by atoms with Crippen LogP contribution in [0.15, 0.2) is 23.2 Å². The Labute approximate surface area is 82.4 Å². The van der Waals surface area contributed by atoms with Gasteiger partial charge in [-0.1, -0.05) is 24.6 Å². The zero-order valence-corrected chi connectivity index (χ0v) is 8.17. The van der Waals surface area contributed by atoms with Crippen LogP contribution in [0.3, 0.4) is 0 Å². The lowest BCUT2D eigenvalue weighted by atomic mass is 10.1. The van der Waals surface area contributed by atoms with Gasteiger partial charge in [0.15, 0.2) is 5.96 Å². The van der Waals surface area contributed by atoms with E-state index in [0.29, 0.717) is 10.7 Å². The van der Waals surface area contributed by atoms with Crippen LogP contribution in [0.25, 0.3) is 0 Å². The average Bonchev–Trinajstić information content (AvgIpc) is 2.08. The second-order valence-corrected chi connectivity index (χ2v) is 3.08. The van der Waals surface area contributed by atoms with Gasteiger partial charge in [-0.3, -0.25) is 0 Å². The Kier molecular flexibility index (Phi) is 3.14. The van der Waals surface area contributed by atoms with Gasteiger partial charge in [0.2, 0.25) is 0 Å². The molecule has 0 unspecified atom stereocenters. The van der Waals surface area contributed by atoms with E-state index in [1.165, 1.54) is 0 Å². The molecular weight excluding hydrogens is 186 g/mol. The maximum absolute atomic E-state index is 5.88. The van der Waals surface area contributed by atoms with Crippen molar-refractivity contribution in [2.24, 2.45) is 16.5 Å². The van der Waals surface area contributed by atoms with E-state index >= 15 is 0 Å². The Bertz CT molecular complexity index is 330. The monoisotopic (exact) mass is 197 g/mol. The zero-order chi connectivity index (χ0) is 9.84. The molecule has 0 saturated heterocycles. The summed E-state index contributed by atoms with van der Waals surface area (Å²) in [7, 11) is 0. The van der Waals surface area contributed by atoms with Crippen molar-refractivity contribution < 1.29 is 0 Å². The van der Waals surface area contributed by atoms with E-state index in [9.17, 15) is 0 Å². The molecule has 1 rings (SSSR count). The van der Waals surface area contributed by atoms with E-state index in [2.05, 4.69) is 11.9 Å². The van der Waals surface area contributed by atoms with Crippen LogP contribution in [-0.2, 0) is 6.42 Å². The molecule has 4 heteroatoms. The van der Waals surface area contributed by atoms with Gasteiger partial charge in [0.05, 0.1) is 10.7 Å². The van der Waals surface area contributed by atoms with Crippen molar-refractivity contribution >= 4 is 23.2 Å². The highest BCUT2D eigenvalue weighted by Crippen LogP contribution is 2.25. The van der Waals surface area contributed by atoms with Crippen LogP contribution < -0.4 is 11.5 Å². The smallest absolute Gasteiger partial charge is 0.191 e. The Morgan fingerprint density at radius 1 is 1.46 bits per heavy atom. The molecule has 1 aromatic carbocycles. The van der Waals surface area contributed by atoms with E-state index in [4.69, 9.17) is 23.1 Å². The predicted molar refractivity (Wildman–Crippen MR) is 56.3 cm³/mol. The molecular formula is C9H12ClN3. The zero-order valence-electron chi connectivity index (χ0n) is 7.42. The SMILES string of the molecule is CCc1ccc(Cl)c(N=C(N)N)c1. The quantitative estimate of drug-likeness (QED) is 0.561. The Morgan fingerprint density at radius 3 is 2.69 bits per heavy atom. The minimum absolute atomic E-state index is 0.0233. The summed E-state index contributed by atoms with van der Waals surface area (Å²) >= 11 is 5.88. The van der Waals surface area contributed by atoms with Crippen LogP contribution in [0, 0.1) is 0 Å². The summed E-state index contributed by atoms with van der Waals surface area (Å²) in [5.41, 5.74) is 12.3. The van der Waals surface area contributed by atoms with Crippen LogP contribution in [0.1, 0.15) is 12.5 Å². The Morgan fingerprint density at radius 2 is 2.15 bits per heavy atom. The molecule has 13 heavy (non-hydrogen) atoms. The fraction of sp³-hybridized carbons (Fsp3) is 0.222. The number of rotatable bonds is 2. The number of benzene rings is 1. The predicted octanol–water partition coefficient (Wildman–Crippen LogP) is 1.81. The molecule has 0 aliphatic heterocycles. The number of halogens is 1. The number of hydrogen-bond donors (Lipinski definition) is 2. The molecule has 4 N–H and O–H groups in total. The first kappa shape index (κ1) is 9.86.